The standard InChI is InChI=1S/C14H18N2O/c1-2-16-14(9-13-5-7-17-11-13)8-12-4-3-6-15-10-12/h3-7,10-11,14,16H,2,8-9H2,1H3. The Labute approximate surface area is 102 Å². The lowest BCUT2D eigenvalue weighted by atomic mass is 10.0. The lowest BCUT2D eigenvalue weighted by molar-refractivity contribution is 0.513. The van der Waals surface area contributed by atoms with Crippen LogP contribution in [0.4, 0.5) is 0 Å². The van der Waals surface area contributed by atoms with Gasteiger partial charge in [-0.25, -0.2) is 0 Å². The SMILES string of the molecule is CCNC(Cc1cccnc1)Cc1ccoc1. The fraction of sp³-hybridized carbons (Fsp3) is 0.357. The third-order valence-electron chi connectivity index (χ3n) is 2.76. The highest BCUT2D eigenvalue weighted by Crippen LogP contribution is 2.09. The number of pyridine rings is 1. The molecule has 0 aliphatic rings. The lowest BCUT2D eigenvalue weighted by Crippen LogP contribution is -2.32. The van der Waals surface area contributed by atoms with Crippen LogP contribution in [0, 0.1) is 0 Å². The van der Waals surface area contributed by atoms with Crippen LogP contribution >= 0.6 is 0 Å². The minimum absolute atomic E-state index is 0.432. The van der Waals surface area contributed by atoms with Gasteiger partial charge in [-0.05, 0) is 42.6 Å². The van der Waals surface area contributed by atoms with E-state index in [4.69, 9.17) is 4.42 Å². The molecule has 2 heterocycles. The smallest absolute Gasteiger partial charge is 0.0935 e. The summed E-state index contributed by atoms with van der Waals surface area (Å²) in [6.07, 6.45) is 9.25. The monoisotopic (exact) mass is 230 g/mol. The molecule has 0 bridgehead atoms. The number of rotatable bonds is 6. The zero-order valence-corrected chi connectivity index (χ0v) is 10.1. The normalized spacial score (nSPS) is 12.5. The molecule has 90 valence electrons. The Morgan fingerprint density at radius 1 is 1.29 bits per heavy atom. The van der Waals surface area contributed by atoms with Crippen LogP contribution < -0.4 is 5.32 Å². The second kappa shape index (κ2) is 6.21. The molecular weight excluding hydrogens is 212 g/mol. The van der Waals surface area contributed by atoms with Crippen molar-refractivity contribution in [3.05, 3.63) is 54.2 Å². The minimum Gasteiger partial charge on any atom is -0.472 e. The molecule has 0 aliphatic carbocycles. The molecule has 17 heavy (non-hydrogen) atoms. The first-order chi connectivity index (χ1) is 8.38. The first kappa shape index (κ1) is 11.9. The van der Waals surface area contributed by atoms with E-state index in [0.29, 0.717) is 6.04 Å². The summed E-state index contributed by atoms with van der Waals surface area (Å²) in [4.78, 5) is 4.15. The van der Waals surface area contributed by atoms with Gasteiger partial charge in [0.25, 0.3) is 0 Å². The van der Waals surface area contributed by atoms with Gasteiger partial charge < -0.3 is 9.73 Å². The molecule has 0 fully saturated rings. The molecule has 3 nitrogen and oxygen atoms in total. The third kappa shape index (κ3) is 3.71. The van der Waals surface area contributed by atoms with Gasteiger partial charge >= 0.3 is 0 Å². The van der Waals surface area contributed by atoms with Crippen molar-refractivity contribution in [2.75, 3.05) is 6.54 Å². The van der Waals surface area contributed by atoms with Crippen molar-refractivity contribution in [1.82, 2.24) is 10.3 Å². The van der Waals surface area contributed by atoms with E-state index >= 15 is 0 Å². The Bertz CT molecular complexity index is 411. The number of hydrogen-bond acceptors (Lipinski definition) is 3. The van der Waals surface area contributed by atoms with Crippen LogP contribution in [0.5, 0.6) is 0 Å². The average molecular weight is 230 g/mol. The number of nitrogens with one attached hydrogen (secondary N) is 1. The molecule has 0 amide bonds. The highest BCUT2D eigenvalue weighted by atomic mass is 16.3. The fourth-order valence-corrected chi connectivity index (χ4v) is 2.00. The predicted molar refractivity (Wildman–Crippen MR) is 67.8 cm³/mol. The van der Waals surface area contributed by atoms with E-state index in [1.807, 2.05) is 30.8 Å². The topological polar surface area (TPSA) is 38.1 Å². The summed E-state index contributed by atoms with van der Waals surface area (Å²) in [5, 5.41) is 3.50. The van der Waals surface area contributed by atoms with E-state index in [-0.39, 0.29) is 0 Å². The molecule has 0 aliphatic heterocycles. The highest BCUT2D eigenvalue weighted by Gasteiger charge is 2.10. The Hall–Kier alpha value is -1.61. The second-order valence-corrected chi connectivity index (χ2v) is 4.16. The van der Waals surface area contributed by atoms with Crippen molar-refractivity contribution in [1.29, 1.82) is 0 Å². The average Bonchev–Trinajstić information content (AvgIpc) is 2.83. The Morgan fingerprint density at radius 2 is 2.18 bits per heavy atom. The van der Waals surface area contributed by atoms with E-state index in [1.165, 1.54) is 11.1 Å². The van der Waals surface area contributed by atoms with Crippen LogP contribution in [0.25, 0.3) is 0 Å². The van der Waals surface area contributed by atoms with Gasteiger partial charge in [-0.15, -0.1) is 0 Å². The maximum Gasteiger partial charge on any atom is 0.0935 e. The molecule has 2 rings (SSSR count). The molecule has 0 saturated heterocycles. The lowest BCUT2D eigenvalue weighted by Gasteiger charge is -2.16. The summed E-state index contributed by atoms with van der Waals surface area (Å²) in [6.45, 7) is 3.11. The largest absolute Gasteiger partial charge is 0.472 e. The summed E-state index contributed by atoms with van der Waals surface area (Å²) < 4.78 is 5.10. The molecule has 2 aromatic heterocycles. The Kier molecular flexibility index (Phi) is 4.33. The molecule has 2 aromatic rings. The van der Waals surface area contributed by atoms with Gasteiger partial charge in [-0.3, -0.25) is 4.98 Å². The van der Waals surface area contributed by atoms with Crippen molar-refractivity contribution in [2.24, 2.45) is 0 Å². The van der Waals surface area contributed by atoms with E-state index < -0.39 is 0 Å². The number of nitrogens with zero attached hydrogens (tertiary/aromatic N) is 1. The zero-order valence-electron chi connectivity index (χ0n) is 10.1. The second-order valence-electron chi connectivity index (χ2n) is 4.16. The van der Waals surface area contributed by atoms with Crippen LogP contribution in [-0.4, -0.2) is 17.6 Å². The maximum atomic E-state index is 5.10. The van der Waals surface area contributed by atoms with Crippen molar-refractivity contribution >= 4 is 0 Å². The van der Waals surface area contributed by atoms with Crippen LogP contribution in [0.2, 0.25) is 0 Å². The number of furan rings is 1. The summed E-state index contributed by atoms with van der Waals surface area (Å²) >= 11 is 0. The maximum absolute atomic E-state index is 5.10. The van der Waals surface area contributed by atoms with Crippen LogP contribution in [0.1, 0.15) is 18.1 Å². The Morgan fingerprint density at radius 3 is 2.82 bits per heavy atom. The summed E-state index contributed by atoms with van der Waals surface area (Å²) in [6, 6.07) is 6.55. The van der Waals surface area contributed by atoms with Gasteiger partial charge in [0.05, 0.1) is 12.5 Å². The van der Waals surface area contributed by atoms with Gasteiger partial charge in [-0.2, -0.15) is 0 Å². The first-order valence-corrected chi connectivity index (χ1v) is 6.02. The first-order valence-electron chi connectivity index (χ1n) is 6.02. The van der Waals surface area contributed by atoms with E-state index in [9.17, 15) is 0 Å². The fourth-order valence-electron chi connectivity index (χ4n) is 2.00. The van der Waals surface area contributed by atoms with Gasteiger partial charge in [-0.1, -0.05) is 13.0 Å². The van der Waals surface area contributed by atoms with Gasteiger partial charge in [0, 0.05) is 18.4 Å². The zero-order chi connectivity index (χ0) is 11.9. The summed E-state index contributed by atoms with van der Waals surface area (Å²) in [7, 11) is 0. The van der Waals surface area contributed by atoms with Crippen LogP contribution in [0.15, 0.2) is 47.5 Å². The van der Waals surface area contributed by atoms with Crippen LogP contribution in [-0.2, 0) is 12.8 Å². The van der Waals surface area contributed by atoms with E-state index in [1.54, 1.807) is 6.26 Å². The van der Waals surface area contributed by atoms with Crippen molar-refractivity contribution in [3.63, 3.8) is 0 Å². The van der Waals surface area contributed by atoms with Gasteiger partial charge in [0.15, 0.2) is 0 Å². The number of likely N-dealkylation sites (N-methyl/N-ethyl adjacent to an activating group) is 1. The molecule has 1 atom stereocenters. The van der Waals surface area contributed by atoms with E-state index in [0.717, 1.165) is 19.4 Å². The third-order valence-corrected chi connectivity index (χ3v) is 2.76. The van der Waals surface area contributed by atoms with Gasteiger partial charge in [0.1, 0.15) is 0 Å². The molecular formula is C14H18N2O. The molecule has 3 heteroatoms. The minimum atomic E-state index is 0.432. The van der Waals surface area contributed by atoms with E-state index in [2.05, 4.69) is 23.3 Å². The number of aromatic nitrogens is 1. The predicted octanol–water partition coefficient (Wildman–Crippen LogP) is 2.44. The molecule has 0 saturated carbocycles. The van der Waals surface area contributed by atoms with Crippen LogP contribution in [0.3, 0.4) is 0 Å². The van der Waals surface area contributed by atoms with Crippen molar-refractivity contribution < 1.29 is 4.42 Å². The van der Waals surface area contributed by atoms with Crippen molar-refractivity contribution in [2.45, 2.75) is 25.8 Å². The van der Waals surface area contributed by atoms with Crippen molar-refractivity contribution in [3.8, 4) is 0 Å². The summed E-state index contributed by atoms with van der Waals surface area (Å²) in [5.41, 5.74) is 2.50. The van der Waals surface area contributed by atoms with Gasteiger partial charge in [0.2, 0.25) is 0 Å². The Balaban J connectivity index is 1.97. The number of hydrogen-bond donors (Lipinski definition) is 1. The highest BCUT2D eigenvalue weighted by molar-refractivity contribution is 5.13. The molecule has 0 radical (unpaired) electrons. The molecule has 1 unspecified atom stereocenters. The summed E-state index contributed by atoms with van der Waals surface area (Å²) in [5.74, 6) is 0. The molecule has 0 aromatic carbocycles. The molecule has 0 spiro atoms. The molecule has 1 N–H and O–H groups in total. The quantitative estimate of drug-likeness (QED) is 0.828.